The van der Waals surface area contributed by atoms with Gasteiger partial charge in [-0.25, -0.2) is 0 Å². The summed E-state index contributed by atoms with van der Waals surface area (Å²) >= 11 is 0. The number of fused-ring (bicyclic) bond motifs is 1. The van der Waals surface area contributed by atoms with Gasteiger partial charge in [0.25, 0.3) is 11.7 Å². The number of pyridine rings is 1. The minimum atomic E-state index is -0.737. The molecule has 24 heavy (non-hydrogen) atoms. The van der Waals surface area contributed by atoms with E-state index in [4.69, 9.17) is 4.74 Å². The third kappa shape index (κ3) is 3.79. The number of aromatic nitrogens is 1. The number of anilines is 1. The van der Waals surface area contributed by atoms with Crippen molar-refractivity contribution in [2.24, 2.45) is 5.92 Å². The van der Waals surface area contributed by atoms with Crippen molar-refractivity contribution in [3.05, 3.63) is 22.2 Å². The van der Waals surface area contributed by atoms with E-state index in [2.05, 4.69) is 10.3 Å². The molecule has 2 heterocycles. The first kappa shape index (κ1) is 17.6. The first-order valence-electron chi connectivity index (χ1n) is 7.73. The molecule has 1 aliphatic heterocycles. The quantitative estimate of drug-likeness (QED) is 0.618. The molecule has 9 heteroatoms. The van der Waals surface area contributed by atoms with Crippen molar-refractivity contribution in [2.75, 3.05) is 18.0 Å². The van der Waals surface area contributed by atoms with Crippen molar-refractivity contribution < 1.29 is 19.2 Å². The number of carbonyl (C=O) groups is 2. The topological polar surface area (TPSA) is 115 Å². The minimum absolute atomic E-state index is 0.00130. The standard InChI is InChI=1S/C15H20N4O5/c1-4-10-15(21)18(8-13(20)16-7-9(2)3)14-11(24-10)5-6-12(17-14)19(22)23/h5-6,9-10H,4,7-8H2,1-3H3,(H,16,20). The van der Waals surface area contributed by atoms with Crippen LogP contribution in [0.3, 0.4) is 0 Å². The molecule has 0 spiro atoms. The van der Waals surface area contributed by atoms with E-state index in [1.807, 2.05) is 13.8 Å². The van der Waals surface area contributed by atoms with E-state index in [1.54, 1.807) is 6.92 Å². The number of ether oxygens (including phenoxy) is 1. The molecule has 1 aromatic rings. The van der Waals surface area contributed by atoms with Crippen LogP contribution in [0.1, 0.15) is 27.2 Å². The van der Waals surface area contributed by atoms with Crippen LogP contribution in [0.2, 0.25) is 0 Å². The maximum atomic E-state index is 12.5. The molecule has 9 nitrogen and oxygen atoms in total. The zero-order valence-electron chi connectivity index (χ0n) is 13.8. The molecule has 1 atom stereocenters. The van der Waals surface area contributed by atoms with Gasteiger partial charge in [-0.1, -0.05) is 20.8 Å². The van der Waals surface area contributed by atoms with Crippen LogP contribution in [0, 0.1) is 16.0 Å². The monoisotopic (exact) mass is 336 g/mol. The zero-order chi connectivity index (χ0) is 17.9. The molecule has 0 saturated heterocycles. The van der Waals surface area contributed by atoms with Crippen LogP contribution in [0.5, 0.6) is 5.75 Å². The maximum Gasteiger partial charge on any atom is 0.366 e. The van der Waals surface area contributed by atoms with Crippen LogP contribution < -0.4 is 15.0 Å². The Morgan fingerprint density at radius 3 is 2.79 bits per heavy atom. The van der Waals surface area contributed by atoms with Crippen LogP contribution in [0.4, 0.5) is 11.6 Å². The van der Waals surface area contributed by atoms with Crippen LogP contribution in [0.25, 0.3) is 0 Å². The molecular formula is C15H20N4O5. The van der Waals surface area contributed by atoms with Gasteiger partial charge in [0.15, 0.2) is 11.9 Å². The van der Waals surface area contributed by atoms with Gasteiger partial charge in [-0.2, -0.15) is 0 Å². The number of nitro groups is 1. The SMILES string of the molecule is CCC1Oc2ccc([N+](=O)[O-])nc2N(CC(=O)NCC(C)C)C1=O. The first-order valence-corrected chi connectivity index (χ1v) is 7.73. The second-order valence-electron chi connectivity index (χ2n) is 5.89. The molecule has 0 radical (unpaired) electrons. The number of hydrogen-bond acceptors (Lipinski definition) is 6. The Balaban J connectivity index is 2.30. The first-order chi connectivity index (χ1) is 11.3. The summed E-state index contributed by atoms with van der Waals surface area (Å²) in [6, 6.07) is 2.60. The maximum absolute atomic E-state index is 12.5. The summed E-state index contributed by atoms with van der Waals surface area (Å²) in [4.78, 5) is 39.8. The van der Waals surface area contributed by atoms with Crippen LogP contribution in [-0.2, 0) is 9.59 Å². The Bertz CT molecular complexity index is 661. The van der Waals surface area contributed by atoms with E-state index in [0.717, 1.165) is 4.90 Å². The van der Waals surface area contributed by atoms with Crippen LogP contribution in [-0.4, -0.2) is 40.9 Å². The Labute approximate surface area is 139 Å². The molecule has 0 fully saturated rings. The predicted octanol–water partition coefficient (Wildman–Crippen LogP) is 1.27. The van der Waals surface area contributed by atoms with Gasteiger partial charge in [0.05, 0.1) is 0 Å². The Morgan fingerprint density at radius 2 is 2.21 bits per heavy atom. The van der Waals surface area contributed by atoms with Crippen molar-refractivity contribution in [1.29, 1.82) is 0 Å². The second-order valence-corrected chi connectivity index (χ2v) is 5.89. The summed E-state index contributed by atoms with van der Waals surface area (Å²) in [7, 11) is 0. The largest absolute Gasteiger partial charge is 0.474 e. The molecular weight excluding hydrogens is 316 g/mol. The summed E-state index contributed by atoms with van der Waals surface area (Å²) in [6.07, 6.45) is -0.321. The Hall–Kier alpha value is -2.71. The lowest BCUT2D eigenvalue weighted by Crippen LogP contribution is -2.50. The lowest BCUT2D eigenvalue weighted by Gasteiger charge is -2.30. The summed E-state index contributed by atoms with van der Waals surface area (Å²) in [5.74, 6) is -0.676. The van der Waals surface area contributed by atoms with Crippen LogP contribution in [0.15, 0.2) is 12.1 Å². The number of rotatable bonds is 6. The van der Waals surface area contributed by atoms with Gasteiger partial charge in [-0.15, -0.1) is 0 Å². The van der Waals surface area contributed by atoms with Crippen molar-refractivity contribution in [2.45, 2.75) is 33.3 Å². The number of nitrogens with zero attached hydrogens (tertiary/aromatic N) is 3. The van der Waals surface area contributed by atoms with Gasteiger partial charge in [0, 0.05) is 12.6 Å². The number of nitrogens with one attached hydrogen (secondary N) is 1. The number of carbonyl (C=O) groups excluding carboxylic acids is 2. The van der Waals surface area contributed by atoms with Crippen molar-refractivity contribution in [3.8, 4) is 5.75 Å². The molecule has 130 valence electrons. The normalized spacial score (nSPS) is 16.6. The van der Waals surface area contributed by atoms with Gasteiger partial charge in [0.1, 0.15) is 6.54 Å². The third-order valence-corrected chi connectivity index (χ3v) is 3.46. The fraction of sp³-hybridized carbons (Fsp3) is 0.533. The highest BCUT2D eigenvalue weighted by Gasteiger charge is 2.39. The van der Waals surface area contributed by atoms with E-state index >= 15 is 0 Å². The molecule has 2 rings (SSSR count). The molecule has 1 aromatic heterocycles. The van der Waals surface area contributed by atoms with Crippen molar-refractivity contribution >= 4 is 23.5 Å². The van der Waals surface area contributed by atoms with E-state index < -0.39 is 22.8 Å². The highest BCUT2D eigenvalue weighted by Crippen LogP contribution is 2.34. The summed E-state index contributed by atoms with van der Waals surface area (Å²) in [5.41, 5.74) is 0. The smallest absolute Gasteiger partial charge is 0.366 e. The van der Waals surface area contributed by atoms with Crippen molar-refractivity contribution in [1.82, 2.24) is 10.3 Å². The number of amides is 2. The lowest BCUT2D eigenvalue weighted by atomic mass is 10.2. The molecule has 0 bridgehead atoms. The number of hydrogen-bond donors (Lipinski definition) is 1. The molecule has 1 aliphatic rings. The zero-order valence-corrected chi connectivity index (χ0v) is 13.8. The lowest BCUT2D eigenvalue weighted by molar-refractivity contribution is -0.389. The highest BCUT2D eigenvalue weighted by molar-refractivity contribution is 6.03. The molecule has 1 N–H and O–H groups in total. The molecule has 0 aromatic carbocycles. The van der Waals surface area contributed by atoms with Gasteiger partial charge in [-0.05, 0) is 28.3 Å². The summed E-state index contributed by atoms with van der Waals surface area (Å²) in [5, 5.41) is 13.6. The minimum Gasteiger partial charge on any atom is -0.474 e. The fourth-order valence-corrected chi connectivity index (χ4v) is 2.22. The van der Waals surface area contributed by atoms with E-state index in [-0.39, 0.29) is 29.9 Å². The average molecular weight is 336 g/mol. The molecule has 0 aliphatic carbocycles. The molecule has 1 unspecified atom stereocenters. The third-order valence-electron chi connectivity index (χ3n) is 3.46. The summed E-state index contributed by atoms with van der Waals surface area (Å²) < 4.78 is 5.53. The van der Waals surface area contributed by atoms with E-state index in [9.17, 15) is 19.7 Å². The average Bonchev–Trinajstić information content (AvgIpc) is 2.54. The van der Waals surface area contributed by atoms with Gasteiger partial charge >= 0.3 is 5.82 Å². The highest BCUT2D eigenvalue weighted by atomic mass is 16.6. The van der Waals surface area contributed by atoms with Gasteiger partial charge in [-0.3, -0.25) is 14.5 Å². The molecule has 0 saturated carbocycles. The van der Waals surface area contributed by atoms with Crippen molar-refractivity contribution in [3.63, 3.8) is 0 Å². The van der Waals surface area contributed by atoms with E-state index in [1.165, 1.54) is 12.1 Å². The predicted molar refractivity (Wildman–Crippen MR) is 85.8 cm³/mol. The van der Waals surface area contributed by atoms with Gasteiger partial charge < -0.3 is 20.2 Å². The second kappa shape index (κ2) is 7.24. The Kier molecular flexibility index (Phi) is 5.32. The van der Waals surface area contributed by atoms with Gasteiger partial charge in [0.2, 0.25) is 5.91 Å². The summed E-state index contributed by atoms with van der Waals surface area (Å²) in [6.45, 7) is 5.90. The van der Waals surface area contributed by atoms with Crippen LogP contribution >= 0.6 is 0 Å². The van der Waals surface area contributed by atoms with E-state index in [0.29, 0.717) is 13.0 Å². The fourth-order valence-electron chi connectivity index (χ4n) is 2.22. The Morgan fingerprint density at radius 1 is 1.50 bits per heavy atom. The molecule has 2 amide bonds.